The van der Waals surface area contributed by atoms with Gasteiger partial charge in [0.05, 0.1) is 0 Å². The molecule has 0 aliphatic heterocycles. The topological polar surface area (TPSA) is 16.4 Å². The van der Waals surface area contributed by atoms with Gasteiger partial charge in [-0.2, -0.15) is 0 Å². The van der Waals surface area contributed by atoms with Gasteiger partial charge in [-0.1, -0.05) is 156 Å². The molecule has 0 unspecified atom stereocenters. The van der Waals surface area contributed by atoms with Crippen molar-refractivity contribution < 1.29 is 4.42 Å². The number of furan rings is 1. The van der Waals surface area contributed by atoms with Crippen LogP contribution in [-0.4, -0.2) is 0 Å². The summed E-state index contributed by atoms with van der Waals surface area (Å²) in [6.45, 7) is 11.6. The highest BCUT2D eigenvalue weighted by Gasteiger charge is 2.36. The molecule has 0 fully saturated rings. The number of hydrogen-bond donors (Lipinski definition) is 0. The van der Waals surface area contributed by atoms with Crippen LogP contribution in [0, 0.1) is 0 Å². The summed E-state index contributed by atoms with van der Waals surface area (Å²) in [7, 11) is 0. The molecule has 0 saturated heterocycles. The first-order valence-electron chi connectivity index (χ1n) is 22.3. The number of nitrogens with zero attached hydrogens (tertiary/aromatic N) is 1. The van der Waals surface area contributed by atoms with Crippen molar-refractivity contribution in [2.75, 3.05) is 4.90 Å². The quantitative estimate of drug-likeness (QED) is 0.166. The summed E-state index contributed by atoms with van der Waals surface area (Å²) >= 11 is 1.86. The fourth-order valence-corrected chi connectivity index (χ4v) is 11.2. The summed E-state index contributed by atoms with van der Waals surface area (Å²) in [5, 5.41) is 4.92. The van der Waals surface area contributed by atoms with E-state index < -0.39 is 0 Å². The lowest BCUT2D eigenvalue weighted by molar-refractivity contribution is 0.584. The third kappa shape index (κ3) is 6.21. The van der Waals surface area contributed by atoms with E-state index in [-0.39, 0.29) is 10.8 Å². The lowest BCUT2D eigenvalue weighted by Gasteiger charge is -2.26. The first-order valence-corrected chi connectivity index (χ1v) is 23.1. The van der Waals surface area contributed by atoms with Gasteiger partial charge in [-0.05, 0) is 139 Å². The average molecular weight is 842 g/mol. The molecule has 0 N–H and O–H groups in total. The highest BCUT2D eigenvalue weighted by Crippen LogP contribution is 2.51. The largest absolute Gasteiger partial charge is 0.456 e. The number of thiophene rings is 1. The first-order chi connectivity index (χ1) is 31.1. The predicted molar refractivity (Wildman–Crippen MR) is 274 cm³/mol. The minimum atomic E-state index is -0.0518. The Morgan fingerprint density at radius 2 is 1.00 bits per heavy atom. The first kappa shape index (κ1) is 38.5. The molecule has 2 heterocycles. The molecule has 1 aliphatic carbocycles. The maximum Gasteiger partial charge on any atom is 0.136 e. The zero-order chi connectivity index (χ0) is 43.3. The van der Waals surface area contributed by atoms with Gasteiger partial charge in [0.1, 0.15) is 11.2 Å². The Hall–Kier alpha value is -7.20. The predicted octanol–water partition coefficient (Wildman–Crippen LogP) is 18.0. The van der Waals surface area contributed by atoms with E-state index in [1.807, 2.05) is 23.5 Å². The van der Waals surface area contributed by atoms with Crippen molar-refractivity contribution in [3.05, 3.63) is 211 Å². The molecule has 64 heavy (non-hydrogen) atoms. The van der Waals surface area contributed by atoms with Crippen molar-refractivity contribution in [1.82, 2.24) is 0 Å². The van der Waals surface area contributed by atoms with Crippen LogP contribution in [0.15, 0.2) is 199 Å². The van der Waals surface area contributed by atoms with E-state index in [0.717, 1.165) is 44.6 Å². The molecule has 3 heteroatoms. The lowest BCUT2D eigenvalue weighted by Crippen LogP contribution is -2.17. The van der Waals surface area contributed by atoms with Crippen LogP contribution < -0.4 is 4.90 Å². The number of fused-ring (bicyclic) bond motifs is 9. The molecule has 11 aromatic rings. The Morgan fingerprint density at radius 3 is 1.70 bits per heavy atom. The van der Waals surface area contributed by atoms with Gasteiger partial charge in [0, 0.05) is 53.4 Å². The van der Waals surface area contributed by atoms with Gasteiger partial charge in [0.15, 0.2) is 0 Å². The molecular formula is C61H47NOS. The summed E-state index contributed by atoms with van der Waals surface area (Å²) in [6.07, 6.45) is 0. The molecule has 0 spiro atoms. The lowest BCUT2D eigenvalue weighted by atomic mass is 9.79. The third-order valence-electron chi connectivity index (χ3n) is 13.7. The van der Waals surface area contributed by atoms with Crippen molar-refractivity contribution in [3.8, 4) is 44.5 Å². The Labute approximate surface area is 378 Å². The number of para-hydroxylation sites is 1. The van der Waals surface area contributed by atoms with E-state index in [2.05, 4.69) is 222 Å². The van der Waals surface area contributed by atoms with Crippen molar-refractivity contribution >= 4 is 70.5 Å². The van der Waals surface area contributed by atoms with Gasteiger partial charge in [-0.3, -0.25) is 0 Å². The van der Waals surface area contributed by atoms with Crippen LogP contribution in [0.2, 0.25) is 0 Å². The maximum atomic E-state index is 6.27. The minimum Gasteiger partial charge on any atom is -0.456 e. The molecule has 0 atom stereocenters. The molecule has 0 radical (unpaired) electrons. The van der Waals surface area contributed by atoms with Crippen molar-refractivity contribution in [3.63, 3.8) is 0 Å². The second-order valence-electron chi connectivity index (χ2n) is 19.0. The van der Waals surface area contributed by atoms with Crippen LogP contribution in [0.25, 0.3) is 86.6 Å². The third-order valence-corrected chi connectivity index (χ3v) is 14.8. The normalized spacial score (nSPS) is 13.2. The molecule has 12 rings (SSSR count). The fraction of sp³-hybridized carbons (Fsp3) is 0.115. The van der Waals surface area contributed by atoms with E-state index in [1.165, 1.54) is 75.8 Å². The maximum absolute atomic E-state index is 6.27. The van der Waals surface area contributed by atoms with Crippen molar-refractivity contribution in [1.29, 1.82) is 0 Å². The molecule has 9 aromatic carbocycles. The van der Waals surface area contributed by atoms with E-state index in [4.69, 9.17) is 4.42 Å². The molecule has 0 saturated carbocycles. The Kier molecular flexibility index (Phi) is 8.67. The van der Waals surface area contributed by atoms with Crippen LogP contribution in [0.3, 0.4) is 0 Å². The summed E-state index contributed by atoms with van der Waals surface area (Å²) in [6, 6.07) is 71.6. The number of hydrogen-bond acceptors (Lipinski definition) is 3. The van der Waals surface area contributed by atoms with E-state index in [0.29, 0.717) is 0 Å². The second kappa shape index (κ2) is 14.4. The number of anilines is 3. The van der Waals surface area contributed by atoms with Gasteiger partial charge in [0.2, 0.25) is 0 Å². The van der Waals surface area contributed by atoms with E-state index in [9.17, 15) is 0 Å². The molecule has 1 aliphatic rings. The SMILES string of the molecule is CC(C)(C)c1ccc2c(c1)C(C)(C)c1ccc(-c3ccc(N(c4ccc(-c5ccc6sc7ccccc7c6c5)cc4)c4ccc(-c5cccc6oc7ccccc7c56)cc4)cc3)cc1-2. The molecule has 0 bridgehead atoms. The van der Waals surface area contributed by atoms with Gasteiger partial charge >= 0.3 is 0 Å². The summed E-state index contributed by atoms with van der Waals surface area (Å²) in [5.41, 5.74) is 19.2. The van der Waals surface area contributed by atoms with Gasteiger partial charge in [-0.25, -0.2) is 0 Å². The fourth-order valence-electron chi connectivity index (χ4n) is 10.2. The van der Waals surface area contributed by atoms with Crippen molar-refractivity contribution in [2.24, 2.45) is 0 Å². The Morgan fingerprint density at radius 1 is 0.422 bits per heavy atom. The molecular weight excluding hydrogens is 795 g/mol. The molecule has 0 amide bonds. The summed E-state index contributed by atoms with van der Waals surface area (Å²) in [4.78, 5) is 2.37. The monoisotopic (exact) mass is 841 g/mol. The summed E-state index contributed by atoms with van der Waals surface area (Å²) in [5.74, 6) is 0. The highest BCUT2D eigenvalue weighted by molar-refractivity contribution is 7.25. The zero-order valence-corrected chi connectivity index (χ0v) is 37.6. The van der Waals surface area contributed by atoms with Crippen LogP contribution in [0.5, 0.6) is 0 Å². The smallest absolute Gasteiger partial charge is 0.136 e. The zero-order valence-electron chi connectivity index (χ0n) is 36.7. The average Bonchev–Trinajstić information content (AvgIpc) is 3.96. The second-order valence-corrected chi connectivity index (χ2v) is 20.0. The van der Waals surface area contributed by atoms with E-state index >= 15 is 0 Å². The van der Waals surface area contributed by atoms with Gasteiger partial charge < -0.3 is 9.32 Å². The van der Waals surface area contributed by atoms with Crippen LogP contribution in [-0.2, 0) is 10.8 Å². The summed E-state index contributed by atoms with van der Waals surface area (Å²) < 4.78 is 8.91. The minimum absolute atomic E-state index is 0.0518. The standard InChI is InChI=1S/C61H47NOS/c1-60(2,3)43-25-32-48-51-35-41(23-33-53(51)61(4,5)54(48)37-43)38-17-26-44(27-18-38)62(45-28-19-39(20-29-45)42-24-34-58-52(36-42)49-11-7-9-16-57(49)64-58)46-30-21-40(22-31-46)47-13-10-15-56-59(47)50-12-6-8-14-55(50)63-56/h6-37H,1-5H3. The molecule has 2 nitrogen and oxygen atoms in total. The Balaban J connectivity index is 0.923. The highest BCUT2D eigenvalue weighted by atomic mass is 32.1. The van der Waals surface area contributed by atoms with Crippen LogP contribution >= 0.6 is 11.3 Å². The van der Waals surface area contributed by atoms with Gasteiger partial charge in [0.25, 0.3) is 0 Å². The van der Waals surface area contributed by atoms with Crippen molar-refractivity contribution in [2.45, 2.75) is 45.4 Å². The molecule has 2 aromatic heterocycles. The number of benzene rings is 9. The van der Waals surface area contributed by atoms with Crippen LogP contribution in [0.4, 0.5) is 17.1 Å². The number of rotatable bonds is 6. The molecule has 308 valence electrons. The van der Waals surface area contributed by atoms with E-state index in [1.54, 1.807) is 0 Å². The Bertz CT molecular complexity index is 3600. The van der Waals surface area contributed by atoms with Gasteiger partial charge in [-0.15, -0.1) is 11.3 Å². The van der Waals surface area contributed by atoms with Crippen LogP contribution in [0.1, 0.15) is 51.3 Å².